The van der Waals surface area contributed by atoms with Crippen LogP contribution in [0.3, 0.4) is 0 Å². The Morgan fingerprint density at radius 1 is 1.60 bits per heavy atom. The fourth-order valence-corrected chi connectivity index (χ4v) is 0.594. The van der Waals surface area contributed by atoms with E-state index < -0.39 is 19.9 Å². The van der Waals surface area contributed by atoms with E-state index in [9.17, 15) is 9.36 Å². The van der Waals surface area contributed by atoms with Gasteiger partial charge in [0, 0.05) is 0 Å². The number of rotatable bonds is 3. The van der Waals surface area contributed by atoms with Crippen molar-refractivity contribution in [3.05, 3.63) is 0 Å². The molecule has 4 N–H and O–H groups in total. The van der Waals surface area contributed by atoms with Crippen molar-refractivity contribution in [3.63, 3.8) is 0 Å². The van der Waals surface area contributed by atoms with Gasteiger partial charge in [-0.3, -0.25) is 4.57 Å². The van der Waals surface area contributed by atoms with Crippen molar-refractivity contribution in [2.24, 2.45) is 5.73 Å². The SMILES string of the molecule is NC(=O)OCCP(=O)(O)O. The Bertz CT molecular complexity index is 162. The fraction of sp³-hybridized carbons (Fsp3) is 0.667. The molecule has 0 atom stereocenters. The molecule has 0 aliphatic carbocycles. The molecule has 0 radical (unpaired) electrons. The second kappa shape index (κ2) is 3.55. The molecule has 0 aliphatic heterocycles. The van der Waals surface area contributed by atoms with Gasteiger partial charge in [0.2, 0.25) is 0 Å². The first kappa shape index (κ1) is 9.42. The second-order valence-corrected chi connectivity index (χ2v) is 3.33. The van der Waals surface area contributed by atoms with Crippen LogP contribution < -0.4 is 5.73 Å². The van der Waals surface area contributed by atoms with E-state index in [4.69, 9.17) is 9.79 Å². The Hall–Kier alpha value is -0.580. The molecule has 0 unspecified atom stereocenters. The van der Waals surface area contributed by atoms with Crippen LogP contribution in [-0.4, -0.2) is 28.6 Å². The first-order chi connectivity index (χ1) is 4.42. The Morgan fingerprint density at radius 2 is 2.10 bits per heavy atom. The van der Waals surface area contributed by atoms with Gasteiger partial charge in [0.05, 0.1) is 6.16 Å². The smallest absolute Gasteiger partial charge is 0.404 e. The maximum atomic E-state index is 10.1. The molecule has 0 spiro atoms. The molecule has 0 saturated carbocycles. The molecule has 0 heterocycles. The highest BCUT2D eigenvalue weighted by atomic mass is 31.2. The lowest BCUT2D eigenvalue weighted by Crippen LogP contribution is -2.15. The van der Waals surface area contributed by atoms with Gasteiger partial charge in [-0.1, -0.05) is 0 Å². The van der Waals surface area contributed by atoms with Crippen molar-refractivity contribution in [2.75, 3.05) is 12.8 Å². The zero-order valence-corrected chi connectivity index (χ0v) is 5.95. The van der Waals surface area contributed by atoms with Crippen LogP contribution in [0.1, 0.15) is 0 Å². The number of amides is 1. The third-order valence-corrected chi connectivity index (χ3v) is 1.39. The molecule has 1 amide bonds. The standard InChI is InChI=1S/C3H8NO5P/c4-3(5)9-1-2-10(6,7)8/h1-2H2,(H2,4,5)(H2,6,7,8). The molecule has 7 heteroatoms. The minimum atomic E-state index is -4.05. The van der Waals surface area contributed by atoms with Crippen LogP contribution in [0.25, 0.3) is 0 Å². The van der Waals surface area contributed by atoms with Crippen molar-refractivity contribution >= 4 is 13.7 Å². The van der Waals surface area contributed by atoms with E-state index in [1.165, 1.54) is 0 Å². The van der Waals surface area contributed by atoms with Crippen molar-refractivity contribution in [1.29, 1.82) is 0 Å². The van der Waals surface area contributed by atoms with Gasteiger partial charge < -0.3 is 20.3 Å². The van der Waals surface area contributed by atoms with Gasteiger partial charge in [0.15, 0.2) is 0 Å². The van der Waals surface area contributed by atoms with Gasteiger partial charge in [0.1, 0.15) is 6.61 Å². The maximum absolute atomic E-state index is 10.1. The normalized spacial score (nSPS) is 11.0. The molecule has 10 heavy (non-hydrogen) atoms. The first-order valence-corrected chi connectivity index (χ1v) is 4.18. The summed E-state index contributed by atoms with van der Waals surface area (Å²) in [5.41, 5.74) is 4.51. The summed E-state index contributed by atoms with van der Waals surface area (Å²) >= 11 is 0. The van der Waals surface area contributed by atoms with Crippen LogP contribution in [0, 0.1) is 0 Å². The Labute approximate surface area is 57.1 Å². The number of primary amides is 1. The topological polar surface area (TPSA) is 110 Å². The lowest BCUT2D eigenvalue weighted by molar-refractivity contribution is 0.162. The quantitative estimate of drug-likeness (QED) is 0.482. The molecular weight excluding hydrogens is 161 g/mol. The summed E-state index contributed by atoms with van der Waals surface area (Å²) in [6.07, 6.45) is -1.52. The van der Waals surface area contributed by atoms with Crippen LogP contribution in [0.5, 0.6) is 0 Å². The molecule has 0 fully saturated rings. The largest absolute Gasteiger partial charge is 0.449 e. The predicted molar refractivity (Wildman–Crippen MR) is 32.4 cm³/mol. The van der Waals surface area contributed by atoms with Crippen LogP contribution in [0.15, 0.2) is 0 Å². The monoisotopic (exact) mass is 169 g/mol. The molecule has 0 aromatic carbocycles. The Morgan fingerprint density at radius 3 is 2.40 bits per heavy atom. The van der Waals surface area contributed by atoms with Gasteiger partial charge in [-0.25, -0.2) is 4.79 Å². The van der Waals surface area contributed by atoms with Crippen LogP contribution >= 0.6 is 7.60 Å². The summed E-state index contributed by atoms with van der Waals surface area (Å²) in [4.78, 5) is 26.3. The summed E-state index contributed by atoms with van der Waals surface area (Å²) < 4.78 is 14.1. The van der Waals surface area contributed by atoms with Gasteiger partial charge in [-0.05, 0) is 0 Å². The Balaban J connectivity index is 3.39. The zero-order chi connectivity index (χ0) is 8.20. The van der Waals surface area contributed by atoms with E-state index in [2.05, 4.69) is 10.5 Å². The molecule has 0 aromatic rings. The van der Waals surface area contributed by atoms with E-state index >= 15 is 0 Å². The highest BCUT2D eigenvalue weighted by molar-refractivity contribution is 7.51. The lowest BCUT2D eigenvalue weighted by Gasteiger charge is -2.02. The Kier molecular flexibility index (Phi) is 3.35. The highest BCUT2D eigenvalue weighted by Crippen LogP contribution is 2.33. The van der Waals surface area contributed by atoms with Crippen molar-refractivity contribution in [1.82, 2.24) is 0 Å². The third-order valence-electron chi connectivity index (χ3n) is 0.627. The van der Waals surface area contributed by atoms with Gasteiger partial charge >= 0.3 is 13.7 Å². The molecule has 0 rings (SSSR count). The molecule has 0 bridgehead atoms. The minimum absolute atomic E-state index is 0.348. The van der Waals surface area contributed by atoms with Crippen molar-refractivity contribution in [3.8, 4) is 0 Å². The molecule has 0 aliphatic rings. The van der Waals surface area contributed by atoms with Crippen molar-refractivity contribution in [2.45, 2.75) is 0 Å². The zero-order valence-electron chi connectivity index (χ0n) is 5.06. The summed E-state index contributed by atoms with van der Waals surface area (Å²) in [5.74, 6) is 0. The minimum Gasteiger partial charge on any atom is -0.449 e. The van der Waals surface area contributed by atoms with Gasteiger partial charge in [-0.15, -0.1) is 0 Å². The predicted octanol–water partition coefficient (Wildman–Crippen LogP) is -0.741. The molecule has 6 nitrogen and oxygen atoms in total. The average molecular weight is 169 g/mol. The second-order valence-electron chi connectivity index (χ2n) is 1.56. The summed E-state index contributed by atoms with van der Waals surface area (Å²) in [6, 6.07) is 0. The van der Waals surface area contributed by atoms with E-state index in [-0.39, 0.29) is 6.61 Å². The number of hydrogen-bond acceptors (Lipinski definition) is 3. The summed E-state index contributed by atoms with van der Waals surface area (Å²) in [7, 11) is -4.05. The summed E-state index contributed by atoms with van der Waals surface area (Å²) in [6.45, 7) is -0.348. The number of hydrogen-bond donors (Lipinski definition) is 3. The number of carbonyl (C=O) groups excluding carboxylic acids is 1. The van der Waals surface area contributed by atoms with Gasteiger partial charge in [-0.2, -0.15) is 0 Å². The van der Waals surface area contributed by atoms with Crippen LogP contribution in [0.4, 0.5) is 4.79 Å². The lowest BCUT2D eigenvalue weighted by atomic mass is 10.8. The van der Waals surface area contributed by atoms with Gasteiger partial charge in [0.25, 0.3) is 0 Å². The highest BCUT2D eigenvalue weighted by Gasteiger charge is 2.12. The van der Waals surface area contributed by atoms with Crippen LogP contribution in [-0.2, 0) is 9.30 Å². The third kappa shape index (κ3) is 7.42. The first-order valence-electron chi connectivity index (χ1n) is 2.38. The average Bonchev–Trinajstić information content (AvgIpc) is 1.59. The van der Waals surface area contributed by atoms with E-state index in [1.54, 1.807) is 0 Å². The molecular formula is C3H8NO5P. The maximum Gasteiger partial charge on any atom is 0.404 e. The number of ether oxygens (including phenoxy) is 1. The van der Waals surface area contributed by atoms with E-state index in [1.807, 2.05) is 0 Å². The number of nitrogens with two attached hydrogens (primary N) is 1. The number of carbonyl (C=O) groups is 1. The molecule has 60 valence electrons. The molecule has 0 saturated heterocycles. The summed E-state index contributed by atoms with van der Waals surface area (Å²) in [5, 5.41) is 0. The molecule has 0 aromatic heterocycles. The fourth-order valence-electron chi connectivity index (χ4n) is 0.265. The van der Waals surface area contributed by atoms with Crippen LogP contribution in [0.2, 0.25) is 0 Å². The van der Waals surface area contributed by atoms with Crippen molar-refractivity contribution < 1.29 is 23.9 Å². The van der Waals surface area contributed by atoms with E-state index in [0.29, 0.717) is 0 Å². The van der Waals surface area contributed by atoms with E-state index in [0.717, 1.165) is 0 Å².